The Balaban J connectivity index is 0.000000640. The molecule has 1 heterocycles. The van der Waals surface area contributed by atoms with E-state index in [0.29, 0.717) is 0 Å². The van der Waals surface area contributed by atoms with E-state index in [1.165, 1.54) is 0 Å². The molecule has 0 aromatic carbocycles. The van der Waals surface area contributed by atoms with Gasteiger partial charge >= 0.3 is 0 Å². The minimum Gasteiger partial charge on any atom is -0.353 e. The third-order valence-corrected chi connectivity index (χ3v) is 1.27. The normalized spacial score (nSPS) is 26.3. The summed E-state index contributed by atoms with van der Waals surface area (Å²) in [7, 11) is 0. The molecule has 4 heteroatoms. The maximum absolute atomic E-state index is 10.6. The summed E-state index contributed by atoms with van der Waals surface area (Å²) in [5.41, 5.74) is 0. The van der Waals surface area contributed by atoms with Crippen LogP contribution in [0.4, 0.5) is 0 Å². The van der Waals surface area contributed by atoms with Gasteiger partial charge in [-0.3, -0.25) is 4.79 Å². The zero-order valence-corrected chi connectivity index (χ0v) is 6.12. The summed E-state index contributed by atoms with van der Waals surface area (Å²) in [6, 6.07) is 0.00347. The van der Waals surface area contributed by atoms with Crippen molar-refractivity contribution in [3.05, 3.63) is 0 Å². The second-order valence-corrected chi connectivity index (χ2v) is 1.97. The van der Waals surface area contributed by atoms with Gasteiger partial charge in [0.25, 0.3) is 0 Å². The first kappa shape index (κ1) is 8.72. The molecule has 1 saturated heterocycles. The first-order valence-electron chi connectivity index (χ1n) is 2.82. The maximum atomic E-state index is 10.6. The fourth-order valence-corrected chi connectivity index (χ4v) is 0.720. The number of halogens is 1. The van der Waals surface area contributed by atoms with Gasteiger partial charge in [-0.1, -0.05) is 0 Å². The summed E-state index contributed by atoms with van der Waals surface area (Å²) in [6.07, 6.45) is 0. The highest BCUT2D eigenvalue weighted by Gasteiger charge is 2.14. The Morgan fingerprint density at radius 1 is 1.56 bits per heavy atom. The Hall–Kier alpha value is -0.280. The van der Waals surface area contributed by atoms with Crippen LogP contribution in [-0.4, -0.2) is 25.0 Å². The van der Waals surface area contributed by atoms with E-state index in [9.17, 15) is 4.79 Å². The number of amides is 1. The van der Waals surface area contributed by atoms with Crippen LogP contribution in [0.1, 0.15) is 6.92 Å². The van der Waals surface area contributed by atoms with Crippen molar-refractivity contribution in [2.45, 2.75) is 13.0 Å². The Morgan fingerprint density at radius 2 is 2.22 bits per heavy atom. The smallest absolute Gasteiger partial charge is 0.236 e. The first-order valence-corrected chi connectivity index (χ1v) is 2.82. The lowest BCUT2D eigenvalue weighted by Gasteiger charge is -2.19. The highest BCUT2D eigenvalue weighted by Crippen LogP contribution is 1.84. The molecule has 2 N–H and O–H groups in total. The van der Waals surface area contributed by atoms with E-state index in [1.807, 2.05) is 6.92 Å². The number of carbonyl (C=O) groups excluding carboxylic acids is 1. The van der Waals surface area contributed by atoms with Crippen molar-refractivity contribution in [1.29, 1.82) is 0 Å². The molecule has 0 aromatic rings. The van der Waals surface area contributed by atoms with E-state index >= 15 is 0 Å². The number of piperazine rings is 1. The average Bonchev–Trinajstić information content (AvgIpc) is 1.77. The number of nitrogens with one attached hydrogen (secondary N) is 2. The van der Waals surface area contributed by atoms with Gasteiger partial charge in [0, 0.05) is 13.1 Å². The number of carbonyl (C=O) groups is 1. The molecule has 0 radical (unpaired) electrons. The SMILES string of the molecule is C[C@H]1NCCNC1=O.Cl. The third kappa shape index (κ3) is 2.20. The molecule has 9 heavy (non-hydrogen) atoms. The molecule has 3 nitrogen and oxygen atoms in total. The molecule has 1 fully saturated rings. The van der Waals surface area contributed by atoms with Gasteiger partial charge in [0.1, 0.15) is 0 Å². The van der Waals surface area contributed by atoms with Gasteiger partial charge in [0.15, 0.2) is 0 Å². The summed E-state index contributed by atoms with van der Waals surface area (Å²) >= 11 is 0. The molecular formula is C5H11ClN2O. The predicted molar refractivity (Wildman–Crippen MR) is 37.7 cm³/mol. The van der Waals surface area contributed by atoms with Crippen molar-refractivity contribution < 1.29 is 4.79 Å². The Labute approximate surface area is 60.6 Å². The summed E-state index contributed by atoms with van der Waals surface area (Å²) in [5.74, 6) is 0.108. The minimum absolute atomic E-state index is 0. The van der Waals surface area contributed by atoms with Crippen LogP contribution >= 0.6 is 12.4 Å². The van der Waals surface area contributed by atoms with Gasteiger partial charge < -0.3 is 10.6 Å². The molecule has 1 amide bonds. The molecule has 0 bridgehead atoms. The van der Waals surface area contributed by atoms with Crippen LogP contribution in [0.5, 0.6) is 0 Å². The Morgan fingerprint density at radius 3 is 2.56 bits per heavy atom. The number of hydrogen-bond donors (Lipinski definition) is 2. The zero-order chi connectivity index (χ0) is 5.98. The topological polar surface area (TPSA) is 41.1 Å². The second kappa shape index (κ2) is 3.69. The highest BCUT2D eigenvalue weighted by molar-refractivity contribution is 5.85. The lowest BCUT2D eigenvalue weighted by atomic mass is 10.2. The van der Waals surface area contributed by atoms with Gasteiger partial charge in [-0.2, -0.15) is 0 Å². The van der Waals surface area contributed by atoms with Crippen molar-refractivity contribution in [2.24, 2.45) is 0 Å². The van der Waals surface area contributed by atoms with E-state index in [0.717, 1.165) is 13.1 Å². The zero-order valence-electron chi connectivity index (χ0n) is 5.31. The monoisotopic (exact) mass is 150 g/mol. The van der Waals surface area contributed by atoms with Crippen LogP contribution in [0.15, 0.2) is 0 Å². The highest BCUT2D eigenvalue weighted by atomic mass is 35.5. The van der Waals surface area contributed by atoms with Crippen LogP contribution in [0.3, 0.4) is 0 Å². The second-order valence-electron chi connectivity index (χ2n) is 1.97. The van der Waals surface area contributed by atoms with Crippen LogP contribution in [0.2, 0.25) is 0 Å². The summed E-state index contributed by atoms with van der Waals surface area (Å²) in [6.45, 7) is 3.52. The van der Waals surface area contributed by atoms with Gasteiger partial charge in [-0.15, -0.1) is 12.4 Å². The van der Waals surface area contributed by atoms with E-state index in [2.05, 4.69) is 10.6 Å². The molecule has 0 aliphatic carbocycles. The van der Waals surface area contributed by atoms with Crippen molar-refractivity contribution in [3.8, 4) is 0 Å². The van der Waals surface area contributed by atoms with Gasteiger partial charge in [-0.25, -0.2) is 0 Å². The van der Waals surface area contributed by atoms with E-state index < -0.39 is 0 Å². The van der Waals surface area contributed by atoms with Crippen molar-refractivity contribution in [1.82, 2.24) is 10.6 Å². The number of hydrogen-bond acceptors (Lipinski definition) is 2. The largest absolute Gasteiger partial charge is 0.353 e. The third-order valence-electron chi connectivity index (χ3n) is 1.27. The van der Waals surface area contributed by atoms with Crippen molar-refractivity contribution in [2.75, 3.05) is 13.1 Å². The summed E-state index contributed by atoms with van der Waals surface area (Å²) in [4.78, 5) is 10.6. The van der Waals surface area contributed by atoms with Crippen molar-refractivity contribution in [3.63, 3.8) is 0 Å². The molecule has 0 saturated carbocycles. The molecule has 1 aliphatic rings. The molecular weight excluding hydrogens is 140 g/mol. The predicted octanol–water partition coefficient (Wildman–Crippen LogP) is -0.484. The Kier molecular flexibility index (Phi) is 3.58. The molecule has 0 spiro atoms. The molecule has 1 rings (SSSR count). The molecule has 1 aliphatic heterocycles. The van der Waals surface area contributed by atoms with E-state index in [4.69, 9.17) is 0 Å². The van der Waals surface area contributed by atoms with E-state index in [-0.39, 0.29) is 24.4 Å². The Bertz CT molecular complexity index is 107. The van der Waals surface area contributed by atoms with Crippen LogP contribution < -0.4 is 10.6 Å². The maximum Gasteiger partial charge on any atom is 0.236 e. The lowest BCUT2D eigenvalue weighted by molar-refractivity contribution is -0.123. The molecule has 54 valence electrons. The lowest BCUT2D eigenvalue weighted by Crippen LogP contribution is -2.51. The van der Waals surface area contributed by atoms with Crippen LogP contribution in [-0.2, 0) is 4.79 Å². The number of rotatable bonds is 0. The summed E-state index contributed by atoms with van der Waals surface area (Å²) in [5, 5.41) is 5.75. The van der Waals surface area contributed by atoms with Crippen LogP contribution in [0, 0.1) is 0 Å². The molecule has 0 unspecified atom stereocenters. The van der Waals surface area contributed by atoms with Gasteiger partial charge in [0.05, 0.1) is 6.04 Å². The minimum atomic E-state index is 0. The van der Waals surface area contributed by atoms with Gasteiger partial charge in [0.2, 0.25) is 5.91 Å². The van der Waals surface area contributed by atoms with E-state index in [1.54, 1.807) is 0 Å². The fourth-order valence-electron chi connectivity index (χ4n) is 0.720. The van der Waals surface area contributed by atoms with Crippen LogP contribution in [0.25, 0.3) is 0 Å². The molecule has 1 atom stereocenters. The first-order chi connectivity index (χ1) is 3.80. The average molecular weight is 151 g/mol. The van der Waals surface area contributed by atoms with Crippen molar-refractivity contribution >= 4 is 18.3 Å². The molecule has 0 aromatic heterocycles. The quantitative estimate of drug-likeness (QED) is 0.490. The standard InChI is InChI=1S/C5H10N2O.ClH/c1-4-5(8)7-3-2-6-4;/h4,6H,2-3H2,1H3,(H,7,8);1H/t4-;/m1./s1. The summed E-state index contributed by atoms with van der Waals surface area (Å²) < 4.78 is 0. The van der Waals surface area contributed by atoms with Gasteiger partial charge in [-0.05, 0) is 6.92 Å². The fraction of sp³-hybridized carbons (Fsp3) is 0.800.